The van der Waals surface area contributed by atoms with Gasteiger partial charge in [-0.15, -0.1) is 0 Å². The van der Waals surface area contributed by atoms with E-state index in [0.29, 0.717) is 0 Å². The maximum Gasteiger partial charge on any atom is 0.241 e. The maximum absolute atomic E-state index is 11.9. The molecule has 0 bridgehead atoms. The first-order valence-electron chi connectivity index (χ1n) is 5.47. The smallest absolute Gasteiger partial charge is 0.241 e. The molecule has 0 aliphatic carbocycles. The molecule has 0 aromatic heterocycles. The monoisotopic (exact) mass is 282 g/mol. The summed E-state index contributed by atoms with van der Waals surface area (Å²) in [6.07, 6.45) is 2.00. The van der Waals surface area contributed by atoms with Gasteiger partial charge in [-0.2, -0.15) is 0 Å². The van der Waals surface area contributed by atoms with Crippen LogP contribution in [0.5, 0.6) is 0 Å². The van der Waals surface area contributed by atoms with Gasteiger partial charge >= 0.3 is 0 Å². The molecule has 0 radical (unpaired) electrons. The second kappa shape index (κ2) is 4.97. The molecule has 0 saturated carbocycles. The van der Waals surface area contributed by atoms with Crippen molar-refractivity contribution in [2.45, 2.75) is 25.8 Å². The molecule has 1 fully saturated rings. The Morgan fingerprint density at radius 2 is 2.38 bits per heavy atom. The molecule has 0 unspecified atom stereocenters. The van der Waals surface area contributed by atoms with Crippen LogP contribution in [0.25, 0.3) is 0 Å². The minimum Gasteiger partial charge on any atom is -0.324 e. The zero-order valence-electron chi connectivity index (χ0n) is 9.22. The van der Waals surface area contributed by atoms with Crippen LogP contribution in [-0.4, -0.2) is 18.5 Å². The highest BCUT2D eigenvalue weighted by molar-refractivity contribution is 9.10. The SMILES string of the molecule is Cc1ccc(Br)c(NC(=O)[C@H]2CCCN2)c1. The van der Waals surface area contributed by atoms with Crippen LogP contribution in [0.15, 0.2) is 22.7 Å². The predicted molar refractivity (Wildman–Crippen MR) is 68.5 cm³/mol. The van der Waals surface area contributed by atoms with Crippen molar-refractivity contribution in [3.05, 3.63) is 28.2 Å². The zero-order valence-corrected chi connectivity index (χ0v) is 10.8. The number of carbonyl (C=O) groups is 1. The van der Waals surface area contributed by atoms with Gasteiger partial charge in [-0.3, -0.25) is 4.79 Å². The predicted octanol–water partition coefficient (Wildman–Crippen LogP) is 2.45. The number of nitrogens with one attached hydrogen (secondary N) is 2. The van der Waals surface area contributed by atoms with Gasteiger partial charge in [0.15, 0.2) is 0 Å². The standard InChI is InChI=1S/C12H15BrN2O/c1-8-4-5-9(13)11(7-8)15-12(16)10-3-2-6-14-10/h4-5,7,10,14H,2-3,6H2,1H3,(H,15,16)/t10-/m1/s1. The number of carbonyl (C=O) groups excluding carboxylic acids is 1. The van der Waals surface area contributed by atoms with Crippen LogP contribution >= 0.6 is 15.9 Å². The molecule has 2 rings (SSSR count). The van der Waals surface area contributed by atoms with Crippen molar-refractivity contribution < 1.29 is 4.79 Å². The molecule has 3 nitrogen and oxygen atoms in total. The van der Waals surface area contributed by atoms with Crippen molar-refractivity contribution in [1.29, 1.82) is 0 Å². The number of aryl methyl sites for hydroxylation is 1. The van der Waals surface area contributed by atoms with Crippen molar-refractivity contribution in [1.82, 2.24) is 5.32 Å². The van der Waals surface area contributed by atoms with Gasteiger partial charge in [0.25, 0.3) is 0 Å². The van der Waals surface area contributed by atoms with Crippen LogP contribution in [0.1, 0.15) is 18.4 Å². The minimum atomic E-state index is -0.0348. The number of amides is 1. The lowest BCUT2D eigenvalue weighted by Gasteiger charge is -2.12. The zero-order chi connectivity index (χ0) is 11.5. The Balaban J connectivity index is 2.07. The second-order valence-electron chi connectivity index (χ2n) is 4.12. The molecule has 4 heteroatoms. The Bertz CT molecular complexity index is 400. The normalized spacial score (nSPS) is 19.8. The largest absolute Gasteiger partial charge is 0.324 e. The van der Waals surface area contributed by atoms with Crippen molar-refractivity contribution >= 4 is 27.5 Å². The van der Waals surface area contributed by atoms with E-state index in [9.17, 15) is 4.79 Å². The molecule has 1 amide bonds. The first-order valence-corrected chi connectivity index (χ1v) is 6.26. The number of anilines is 1. The molecule has 16 heavy (non-hydrogen) atoms. The average molecular weight is 283 g/mol. The fourth-order valence-electron chi connectivity index (χ4n) is 1.86. The van der Waals surface area contributed by atoms with Gasteiger partial charge in [-0.25, -0.2) is 0 Å². The van der Waals surface area contributed by atoms with Crippen LogP contribution in [0.2, 0.25) is 0 Å². The Morgan fingerprint density at radius 1 is 1.56 bits per heavy atom. The third kappa shape index (κ3) is 2.62. The number of halogens is 1. The summed E-state index contributed by atoms with van der Waals surface area (Å²) < 4.78 is 0.921. The third-order valence-electron chi connectivity index (χ3n) is 2.76. The number of hydrogen-bond donors (Lipinski definition) is 2. The van der Waals surface area contributed by atoms with Crippen molar-refractivity contribution in [3.8, 4) is 0 Å². The van der Waals surface area contributed by atoms with E-state index in [1.807, 2.05) is 25.1 Å². The lowest BCUT2D eigenvalue weighted by atomic mass is 10.2. The summed E-state index contributed by atoms with van der Waals surface area (Å²) in [5, 5.41) is 6.13. The summed E-state index contributed by atoms with van der Waals surface area (Å²) in [6, 6.07) is 5.89. The molecule has 1 saturated heterocycles. The van der Waals surface area contributed by atoms with Gasteiger partial charge < -0.3 is 10.6 Å². The summed E-state index contributed by atoms with van der Waals surface area (Å²) in [4.78, 5) is 11.9. The average Bonchev–Trinajstić information content (AvgIpc) is 2.76. The van der Waals surface area contributed by atoms with Crippen molar-refractivity contribution in [2.24, 2.45) is 0 Å². The molecule has 1 aliphatic heterocycles. The van der Waals surface area contributed by atoms with Crippen LogP contribution < -0.4 is 10.6 Å². The second-order valence-corrected chi connectivity index (χ2v) is 4.98. The summed E-state index contributed by atoms with van der Waals surface area (Å²) in [5.41, 5.74) is 1.98. The Morgan fingerprint density at radius 3 is 3.06 bits per heavy atom. The number of rotatable bonds is 2. The molecule has 0 spiro atoms. The lowest BCUT2D eigenvalue weighted by Crippen LogP contribution is -2.35. The van der Waals surface area contributed by atoms with E-state index in [1.54, 1.807) is 0 Å². The maximum atomic E-state index is 11.9. The fraction of sp³-hybridized carbons (Fsp3) is 0.417. The molecule has 1 aromatic carbocycles. The van der Waals surface area contributed by atoms with Gasteiger partial charge in [-0.1, -0.05) is 6.07 Å². The molecular formula is C12H15BrN2O. The van der Waals surface area contributed by atoms with Gasteiger partial charge in [0.1, 0.15) is 0 Å². The quantitative estimate of drug-likeness (QED) is 0.875. The summed E-state index contributed by atoms with van der Waals surface area (Å²) in [6.45, 7) is 2.95. The van der Waals surface area contributed by atoms with E-state index in [2.05, 4.69) is 26.6 Å². The molecule has 1 aromatic rings. The van der Waals surface area contributed by atoms with Gasteiger partial charge in [0.05, 0.1) is 11.7 Å². The van der Waals surface area contributed by atoms with E-state index in [0.717, 1.165) is 35.1 Å². The fourth-order valence-corrected chi connectivity index (χ4v) is 2.21. The molecule has 1 heterocycles. The van der Waals surface area contributed by atoms with Crippen LogP contribution in [0.3, 0.4) is 0 Å². The van der Waals surface area contributed by atoms with Crippen molar-refractivity contribution in [2.75, 3.05) is 11.9 Å². The van der Waals surface area contributed by atoms with E-state index in [-0.39, 0.29) is 11.9 Å². The van der Waals surface area contributed by atoms with Crippen LogP contribution in [0.4, 0.5) is 5.69 Å². The van der Waals surface area contributed by atoms with E-state index < -0.39 is 0 Å². The van der Waals surface area contributed by atoms with Crippen molar-refractivity contribution in [3.63, 3.8) is 0 Å². The summed E-state index contributed by atoms with van der Waals surface area (Å²) in [7, 11) is 0. The van der Waals surface area contributed by atoms with Gasteiger partial charge in [-0.05, 0) is 59.9 Å². The Kier molecular flexibility index (Phi) is 3.61. The van der Waals surface area contributed by atoms with Crippen LogP contribution in [0, 0.1) is 6.92 Å². The lowest BCUT2D eigenvalue weighted by molar-refractivity contribution is -0.117. The van der Waals surface area contributed by atoms with E-state index in [4.69, 9.17) is 0 Å². The van der Waals surface area contributed by atoms with Crippen LogP contribution in [-0.2, 0) is 4.79 Å². The summed E-state index contributed by atoms with van der Waals surface area (Å²) >= 11 is 3.43. The third-order valence-corrected chi connectivity index (χ3v) is 3.45. The van der Waals surface area contributed by atoms with E-state index >= 15 is 0 Å². The highest BCUT2D eigenvalue weighted by Crippen LogP contribution is 2.23. The first kappa shape index (κ1) is 11.6. The molecule has 2 N–H and O–H groups in total. The Labute approximate surface area is 104 Å². The number of hydrogen-bond acceptors (Lipinski definition) is 2. The molecular weight excluding hydrogens is 268 g/mol. The topological polar surface area (TPSA) is 41.1 Å². The molecule has 86 valence electrons. The highest BCUT2D eigenvalue weighted by atomic mass is 79.9. The van der Waals surface area contributed by atoms with E-state index in [1.165, 1.54) is 0 Å². The minimum absolute atomic E-state index is 0.0348. The highest BCUT2D eigenvalue weighted by Gasteiger charge is 2.22. The van der Waals surface area contributed by atoms with Gasteiger partial charge in [0, 0.05) is 4.47 Å². The Hall–Kier alpha value is -0.870. The summed E-state index contributed by atoms with van der Waals surface area (Å²) in [5.74, 6) is 0.0591. The molecule has 1 aliphatic rings. The number of benzene rings is 1. The van der Waals surface area contributed by atoms with Gasteiger partial charge in [0.2, 0.25) is 5.91 Å². The first-order chi connectivity index (χ1) is 7.66. The molecule has 1 atom stereocenters.